The number of nitrogens with one attached hydrogen (secondary N) is 1. The number of ether oxygens (including phenoxy) is 2. The second-order valence-corrected chi connectivity index (χ2v) is 6.90. The topological polar surface area (TPSA) is 90.7 Å². The summed E-state index contributed by atoms with van der Waals surface area (Å²) >= 11 is 6.29. The van der Waals surface area contributed by atoms with Gasteiger partial charge < -0.3 is 14.8 Å². The molecule has 1 aromatic rings. The molecule has 0 radical (unpaired) electrons. The van der Waals surface area contributed by atoms with Gasteiger partial charge in [-0.1, -0.05) is 15.9 Å². The van der Waals surface area contributed by atoms with Crippen LogP contribution in [0.1, 0.15) is 5.56 Å². The van der Waals surface area contributed by atoms with Gasteiger partial charge in [-0.2, -0.15) is 0 Å². The fourth-order valence-electron chi connectivity index (χ4n) is 2.12. The van der Waals surface area contributed by atoms with Crippen molar-refractivity contribution in [3.8, 4) is 0 Å². The van der Waals surface area contributed by atoms with Gasteiger partial charge in [-0.3, -0.25) is 14.9 Å². The van der Waals surface area contributed by atoms with Crippen molar-refractivity contribution in [2.75, 3.05) is 18.5 Å². The van der Waals surface area contributed by atoms with Crippen molar-refractivity contribution in [3.05, 3.63) is 38.3 Å². The number of amides is 1. The number of halogens is 2. The van der Waals surface area contributed by atoms with Crippen LogP contribution in [0, 0.1) is 10.1 Å². The number of nitrogens with zero attached hydrogens (tertiary/aromatic N) is 1. The second-order valence-electron chi connectivity index (χ2n) is 4.51. The summed E-state index contributed by atoms with van der Waals surface area (Å²) < 4.78 is 10.1. The molecule has 1 N–H and O–H groups in total. The Labute approximate surface area is 130 Å². The SMILES string of the molecule is O=C1Nc2ccc(Br)cc2C12OCC(Br)([N+](=O)[O-])CO2. The predicted octanol–water partition coefficient (Wildman–Crippen LogP) is 1.97. The first kappa shape index (κ1) is 13.9. The zero-order chi connectivity index (χ0) is 14.5. The van der Waals surface area contributed by atoms with E-state index in [2.05, 4.69) is 37.2 Å². The molecule has 1 aromatic carbocycles. The maximum atomic E-state index is 12.1. The number of nitro groups is 1. The molecule has 106 valence electrons. The second kappa shape index (κ2) is 4.48. The normalized spacial score (nSPS) is 32.0. The van der Waals surface area contributed by atoms with Crippen LogP contribution < -0.4 is 5.32 Å². The van der Waals surface area contributed by atoms with E-state index in [-0.39, 0.29) is 13.2 Å². The highest BCUT2D eigenvalue weighted by atomic mass is 79.9. The molecule has 0 atom stereocenters. The van der Waals surface area contributed by atoms with Crippen LogP contribution in [-0.4, -0.2) is 28.5 Å². The molecule has 0 aromatic heterocycles. The van der Waals surface area contributed by atoms with Crippen molar-refractivity contribution < 1.29 is 19.2 Å². The molecule has 0 bridgehead atoms. The number of fused-ring (bicyclic) bond motifs is 2. The number of rotatable bonds is 1. The number of alkyl halides is 1. The lowest BCUT2D eigenvalue weighted by Crippen LogP contribution is -2.55. The number of hydrogen-bond acceptors (Lipinski definition) is 5. The van der Waals surface area contributed by atoms with E-state index in [0.29, 0.717) is 11.3 Å². The third kappa shape index (κ3) is 1.88. The number of benzene rings is 1. The van der Waals surface area contributed by atoms with E-state index in [9.17, 15) is 14.9 Å². The van der Waals surface area contributed by atoms with Crippen LogP contribution in [0.25, 0.3) is 0 Å². The molecule has 0 aliphatic carbocycles. The lowest BCUT2D eigenvalue weighted by atomic mass is 10.1. The standard InChI is InChI=1S/C11H8Br2N2O5/c12-6-1-2-8-7(3-6)11(9(16)14-8)19-4-10(13,5-20-11)15(17)18/h1-3H,4-5H2,(H,14,16). The molecule has 1 fully saturated rings. The van der Waals surface area contributed by atoms with E-state index in [1.807, 2.05) is 0 Å². The van der Waals surface area contributed by atoms with Crippen LogP contribution >= 0.6 is 31.9 Å². The van der Waals surface area contributed by atoms with Gasteiger partial charge in [-0.15, -0.1) is 0 Å². The maximum Gasteiger partial charge on any atom is 0.320 e. The minimum Gasteiger partial charge on any atom is -0.330 e. The maximum absolute atomic E-state index is 12.1. The van der Waals surface area contributed by atoms with Crippen LogP contribution in [0.15, 0.2) is 22.7 Å². The third-order valence-electron chi connectivity index (χ3n) is 3.20. The Bertz CT molecular complexity index is 613. The van der Waals surface area contributed by atoms with Crippen LogP contribution in [-0.2, 0) is 20.1 Å². The Hall–Kier alpha value is -1.03. The van der Waals surface area contributed by atoms with Gasteiger partial charge in [0.15, 0.2) is 0 Å². The first-order valence-corrected chi connectivity index (χ1v) is 7.19. The first-order chi connectivity index (χ1) is 9.37. The van der Waals surface area contributed by atoms with Gasteiger partial charge in [0.05, 0.1) is 5.69 Å². The van der Waals surface area contributed by atoms with Crippen molar-refractivity contribution in [2.45, 2.75) is 10.2 Å². The van der Waals surface area contributed by atoms with Gasteiger partial charge in [0.2, 0.25) is 0 Å². The van der Waals surface area contributed by atoms with Crippen LogP contribution in [0.5, 0.6) is 0 Å². The monoisotopic (exact) mass is 406 g/mol. The lowest BCUT2D eigenvalue weighted by Gasteiger charge is -2.35. The molecule has 2 aliphatic rings. The number of carbonyl (C=O) groups is 1. The zero-order valence-corrected chi connectivity index (χ0v) is 13.1. The summed E-state index contributed by atoms with van der Waals surface area (Å²) in [6.07, 6.45) is 0. The number of anilines is 1. The fraction of sp³-hybridized carbons (Fsp3) is 0.364. The highest BCUT2D eigenvalue weighted by Gasteiger charge is 2.58. The average Bonchev–Trinajstić information content (AvgIpc) is 2.66. The molecule has 2 heterocycles. The lowest BCUT2D eigenvalue weighted by molar-refractivity contribution is -0.560. The quantitative estimate of drug-likeness (QED) is 0.332. The molecular formula is C11H8Br2N2O5. The number of hydrogen-bond donors (Lipinski definition) is 1. The Morgan fingerprint density at radius 2 is 2.00 bits per heavy atom. The van der Waals surface area contributed by atoms with Gasteiger partial charge in [-0.05, 0) is 18.2 Å². The molecule has 1 amide bonds. The molecule has 2 aliphatic heterocycles. The van der Waals surface area contributed by atoms with E-state index in [0.717, 1.165) is 4.47 Å². The molecule has 1 saturated heterocycles. The fourth-order valence-corrected chi connectivity index (χ4v) is 2.71. The molecule has 3 rings (SSSR count). The largest absolute Gasteiger partial charge is 0.330 e. The minimum absolute atomic E-state index is 0.278. The molecule has 0 unspecified atom stereocenters. The summed E-state index contributed by atoms with van der Waals surface area (Å²) in [6.45, 7) is -0.557. The highest BCUT2D eigenvalue weighted by Crippen LogP contribution is 2.45. The summed E-state index contributed by atoms with van der Waals surface area (Å²) in [5.41, 5.74) is 1.08. The van der Waals surface area contributed by atoms with Gasteiger partial charge in [0.25, 0.3) is 11.7 Å². The summed E-state index contributed by atoms with van der Waals surface area (Å²) in [4.78, 5) is 22.6. The summed E-state index contributed by atoms with van der Waals surface area (Å²) in [7, 11) is 0. The van der Waals surface area contributed by atoms with Crippen molar-refractivity contribution in [1.29, 1.82) is 0 Å². The van der Waals surface area contributed by atoms with E-state index in [1.54, 1.807) is 18.2 Å². The molecule has 20 heavy (non-hydrogen) atoms. The molecule has 9 heteroatoms. The van der Waals surface area contributed by atoms with Crippen molar-refractivity contribution in [3.63, 3.8) is 0 Å². The highest BCUT2D eigenvalue weighted by molar-refractivity contribution is 9.10. The van der Waals surface area contributed by atoms with E-state index in [4.69, 9.17) is 9.47 Å². The van der Waals surface area contributed by atoms with Gasteiger partial charge in [0, 0.05) is 30.9 Å². The van der Waals surface area contributed by atoms with E-state index in [1.165, 1.54) is 0 Å². The zero-order valence-electron chi connectivity index (χ0n) is 9.89. The van der Waals surface area contributed by atoms with Crippen LogP contribution in [0.3, 0.4) is 0 Å². The molecular weight excluding hydrogens is 400 g/mol. The Morgan fingerprint density at radius 1 is 1.35 bits per heavy atom. The molecule has 0 saturated carbocycles. The smallest absolute Gasteiger partial charge is 0.320 e. The van der Waals surface area contributed by atoms with Gasteiger partial charge in [0.1, 0.15) is 13.2 Å². The minimum atomic E-state index is -1.62. The average molecular weight is 408 g/mol. The first-order valence-electron chi connectivity index (χ1n) is 5.60. The van der Waals surface area contributed by atoms with Gasteiger partial charge in [-0.25, -0.2) is 0 Å². The van der Waals surface area contributed by atoms with Crippen molar-refractivity contribution in [1.82, 2.24) is 0 Å². The van der Waals surface area contributed by atoms with Crippen molar-refractivity contribution >= 4 is 43.5 Å². The summed E-state index contributed by atoms with van der Waals surface area (Å²) in [5, 5.41) is 13.6. The van der Waals surface area contributed by atoms with Gasteiger partial charge >= 0.3 is 4.45 Å². The predicted molar refractivity (Wildman–Crippen MR) is 75.0 cm³/mol. The summed E-state index contributed by atoms with van der Waals surface area (Å²) in [6, 6.07) is 5.18. The Kier molecular flexibility index (Phi) is 3.12. The summed E-state index contributed by atoms with van der Waals surface area (Å²) in [5.74, 6) is -2.10. The Morgan fingerprint density at radius 3 is 2.60 bits per heavy atom. The molecule has 1 spiro atoms. The Balaban J connectivity index is 1.98. The van der Waals surface area contributed by atoms with Crippen LogP contribution in [0.2, 0.25) is 0 Å². The van der Waals surface area contributed by atoms with E-state index >= 15 is 0 Å². The molecule has 7 nitrogen and oxygen atoms in total. The van der Waals surface area contributed by atoms with E-state index < -0.39 is 21.1 Å². The van der Waals surface area contributed by atoms with Crippen molar-refractivity contribution in [2.24, 2.45) is 0 Å². The van der Waals surface area contributed by atoms with Crippen LogP contribution in [0.4, 0.5) is 5.69 Å². The third-order valence-corrected chi connectivity index (χ3v) is 4.44. The number of carbonyl (C=O) groups excluding carboxylic acids is 1.